The number of methoxy groups -OCH3 is 1. The van der Waals surface area contributed by atoms with Gasteiger partial charge in [0, 0.05) is 26.2 Å². The van der Waals surface area contributed by atoms with Crippen LogP contribution in [0.2, 0.25) is 0 Å². The van der Waals surface area contributed by atoms with E-state index in [4.69, 9.17) is 9.47 Å². The molecule has 0 saturated heterocycles. The molecule has 2 rings (SSSR count). The number of hydrogen-bond donors (Lipinski definition) is 1. The molecule has 25 heavy (non-hydrogen) atoms. The van der Waals surface area contributed by atoms with Gasteiger partial charge >= 0.3 is 0 Å². The summed E-state index contributed by atoms with van der Waals surface area (Å²) in [6, 6.07) is 14.5. The zero-order valence-corrected chi connectivity index (χ0v) is 14.6. The number of amides is 2. The fraction of sp³-hybridized carbons (Fsp3) is 0.263. The van der Waals surface area contributed by atoms with Crippen molar-refractivity contribution in [1.29, 1.82) is 0 Å². The molecule has 0 radical (unpaired) electrons. The molecule has 132 valence electrons. The van der Waals surface area contributed by atoms with Crippen LogP contribution in [0.4, 0.5) is 5.69 Å². The first kappa shape index (κ1) is 18.3. The molecule has 0 aliphatic heterocycles. The average Bonchev–Trinajstić information content (AvgIpc) is 2.60. The van der Waals surface area contributed by atoms with E-state index >= 15 is 0 Å². The van der Waals surface area contributed by atoms with Gasteiger partial charge in [-0.1, -0.05) is 24.3 Å². The van der Waals surface area contributed by atoms with Gasteiger partial charge in [-0.05, 0) is 29.8 Å². The van der Waals surface area contributed by atoms with E-state index in [0.717, 1.165) is 5.56 Å². The van der Waals surface area contributed by atoms with Crippen LogP contribution in [-0.2, 0) is 16.1 Å². The number of nitrogens with one attached hydrogen (secondary N) is 1. The third kappa shape index (κ3) is 5.53. The van der Waals surface area contributed by atoms with Gasteiger partial charge in [-0.3, -0.25) is 9.59 Å². The van der Waals surface area contributed by atoms with E-state index in [-0.39, 0.29) is 18.4 Å². The van der Waals surface area contributed by atoms with Crippen molar-refractivity contribution in [3.63, 3.8) is 0 Å². The number of ether oxygens (including phenoxy) is 2. The Morgan fingerprint density at radius 1 is 1.08 bits per heavy atom. The summed E-state index contributed by atoms with van der Waals surface area (Å²) in [7, 11) is 3.28. The number of rotatable bonds is 7. The van der Waals surface area contributed by atoms with Gasteiger partial charge in [0.15, 0.2) is 18.1 Å². The van der Waals surface area contributed by atoms with Crippen molar-refractivity contribution >= 4 is 17.5 Å². The van der Waals surface area contributed by atoms with Gasteiger partial charge in [-0.2, -0.15) is 0 Å². The summed E-state index contributed by atoms with van der Waals surface area (Å²) in [5.41, 5.74) is 1.59. The minimum Gasteiger partial charge on any atom is -0.493 e. The standard InChI is InChI=1S/C19H22N2O4/c1-14(22)21(2)12-15-7-6-8-16(11-15)20-19(23)13-25-18-10-5-4-9-17(18)24-3/h4-11H,12-13H2,1-3H3,(H,20,23). The van der Waals surface area contributed by atoms with E-state index in [9.17, 15) is 9.59 Å². The fourth-order valence-corrected chi connectivity index (χ4v) is 2.21. The lowest BCUT2D eigenvalue weighted by atomic mass is 10.2. The topological polar surface area (TPSA) is 67.9 Å². The van der Waals surface area contributed by atoms with Crippen molar-refractivity contribution in [2.24, 2.45) is 0 Å². The maximum atomic E-state index is 12.1. The van der Waals surface area contributed by atoms with Crippen LogP contribution in [0.25, 0.3) is 0 Å². The molecule has 2 amide bonds. The summed E-state index contributed by atoms with van der Waals surface area (Å²) in [4.78, 5) is 25.0. The first-order chi connectivity index (χ1) is 12.0. The number of carbonyl (C=O) groups is 2. The number of para-hydroxylation sites is 2. The summed E-state index contributed by atoms with van der Waals surface area (Å²) < 4.78 is 10.7. The summed E-state index contributed by atoms with van der Waals surface area (Å²) >= 11 is 0. The van der Waals surface area contributed by atoms with Gasteiger partial charge in [0.1, 0.15) is 0 Å². The molecular formula is C19H22N2O4. The van der Waals surface area contributed by atoms with Crippen molar-refractivity contribution in [3.05, 3.63) is 54.1 Å². The lowest BCUT2D eigenvalue weighted by Gasteiger charge is -2.15. The van der Waals surface area contributed by atoms with E-state index in [0.29, 0.717) is 23.7 Å². The molecule has 0 heterocycles. The normalized spacial score (nSPS) is 10.0. The second kappa shape index (κ2) is 8.73. The highest BCUT2D eigenvalue weighted by Gasteiger charge is 2.08. The quantitative estimate of drug-likeness (QED) is 0.840. The highest BCUT2D eigenvalue weighted by molar-refractivity contribution is 5.92. The number of carbonyl (C=O) groups excluding carboxylic acids is 2. The van der Waals surface area contributed by atoms with Crippen molar-refractivity contribution in [2.45, 2.75) is 13.5 Å². The minimum absolute atomic E-state index is 0.0142. The predicted molar refractivity (Wildman–Crippen MR) is 95.7 cm³/mol. The van der Waals surface area contributed by atoms with Gasteiger partial charge in [0.05, 0.1) is 7.11 Å². The van der Waals surface area contributed by atoms with Crippen LogP contribution >= 0.6 is 0 Å². The molecule has 6 heteroatoms. The van der Waals surface area contributed by atoms with Crippen LogP contribution in [0.3, 0.4) is 0 Å². The molecule has 0 atom stereocenters. The lowest BCUT2D eigenvalue weighted by Crippen LogP contribution is -2.23. The van der Waals surface area contributed by atoms with E-state index in [1.165, 1.54) is 6.92 Å². The molecule has 0 spiro atoms. The average molecular weight is 342 g/mol. The van der Waals surface area contributed by atoms with E-state index < -0.39 is 0 Å². The highest BCUT2D eigenvalue weighted by atomic mass is 16.5. The Bertz CT molecular complexity index is 746. The molecule has 2 aromatic rings. The number of hydrogen-bond acceptors (Lipinski definition) is 4. The third-order valence-electron chi connectivity index (χ3n) is 3.60. The lowest BCUT2D eigenvalue weighted by molar-refractivity contribution is -0.128. The van der Waals surface area contributed by atoms with Gasteiger partial charge in [0.25, 0.3) is 5.91 Å². The molecular weight excluding hydrogens is 320 g/mol. The second-order valence-corrected chi connectivity index (χ2v) is 5.56. The van der Waals surface area contributed by atoms with Gasteiger partial charge < -0.3 is 19.7 Å². The summed E-state index contributed by atoms with van der Waals surface area (Å²) in [5, 5.41) is 2.78. The first-order valence-electron chi connectivity index (χ1n) is 7.86. The molecule has 0 fully saturated rings. The molecule has 6 nitrogen and oxygen atoms in total. The Kier molecular flexibility index (Phi) is 6.39. The van der Waals surface area contributed by atoms with Crippen molar-refractivity contribution in [2.75, 3.05) is 26.1 Å². The molecule has 0 unspecified atom stereocenters. The summed E-state index contributed by atoms with van der Waals surface area (Å²) in [5.74, 6) is 0.796. The largest absolute Gasteiger partial charge is 0.493 e. The zero-order chi connectivity index (χ0) is 18.2. The number of nitrogens with zero attached hydrogens (tertiary/aromatic N) is 1. The van der Waals surface area contributed by atoms with Crippen LogP contribution in [0, 0.1) is 0 Å². The van der Waals surface area contributed by atoms with E-state index in [1.807, 2.05) is 30.3 Å². The summed E-state index contributed by atoms with van der Waals surface area (Å²) in [6.45, 7) is 1.87. The first-order valence-corrected chi connectivity index (χ1v) is 7.86. The monoisotopic (exact) mass is 342 g/mol. The molecule has 1 N–H and O–H groups in total. The van der Waals surface area contributed by atoms with Crippen molar-refractivity contribution in [3.8, 4) is 11.5 Å². The molecule has 0 bridgehead atoms. The molecule has 0 aliphatic rings. The molecule has 0 saturated carbocycles. The Morgan fingerprint density at radius 2 is 1.80 bits per heavy atom. The Labute approximate surface area is 147 Å². The van der Waals surface area contributed by atoms with Crippen molar-refractivity contribution in [1.82, 2.24) is 4.90 Å². The predicted octanol–water partition coefficient (Wildman–Crippen LogP) is 2.69. The van der Waals surface area contributed by atoms with Gasteiger partial charge in [-0.25, -0.2) is 0 Å². The molecule has 0 aromatic heterocycles. The van der Waals surface area contributed by atoms with Crippen LogP contribution in [-0.4, -0.2) is 37.5 Å². The zero-order valence-electron chi connectivity index (χ0n) is 14.6. The van der Waals surface area contributed by atoms with Crippen LogP contribution in [0.1, 0.15) is 12.5 Å². The second-order valence-electron chi connectivity index (χ2n) is 5.56. The van der Waals surface area contributed by atoms with E-state index in [1.54, 1.807) is 37.3 Å². The molecule has 0 aliphatic carbocycles. The van der Waals surface area contributed by atoms with E-state index in [2.05, 4.69) is 5.32 Å². The third-order valence-corrected chi connectivity index (χ3v) is 3.60. The number of benzene rings is 2. The molecule has 2 aromatic carbocycles. The minimum atomic E-state index is -0.275. The smallest absolute Gasteiger partial charge is 0.262 e. The Morgan fingerprint density at radius 3 is 2.48 bits per heavy atom. The number of anilines is 1. The SMILES string of the molecule is COc1ccccc1OCC(=O)Nc1cccc(CN(C)C(C)=O)c1. The van der Waals surface area contributed by atoms with Crippen LogP contribution < -0.4 is 14.8 Å². The maximum Gasteiger partial charge on any atom is 0.262 e. The van der Waals surface area contributed by atoms with Crippen molar-refractivity contribution < 1.29 is 19.1 Å². The van der Waals surface area contributed by atoms with Gasteiger partial charge in [-0.15, -0.1) is 0 Å². The Hall–Kier alpha value is -3.02. The van der Waals surface area contributed by atoms with Crippen LogP contribution in [0.15, 0.2) is 48.5 Å². The Balaban J connectivity index is 1.93. The summed E-state index contributed by atoms with van der Waals surface area (Å²) in [6.07, 6.45) is 0. The van der Waals surface area contributed by atoms with Crippen LogP contribution in [0.5, 0.6) is 11.5 Å². The van der Waals surface area contributed by atoms with Gasteiger partial charge in [0.2, 0.25) is 5.91 Å². The fourth-order valence-electron chi connectivity index (χ4n) is 2.21. The maximum absolute atomic E-state index is 12.1. The highest BCUT2D eigenvalue weighted by Crippen LogP contribution is 2.25.